The van der Waals surface area contributed by atoms with E-state index >= 15 is 0 Å². The molecule has 1 rings (SSSR count). The molecule has 0 bridgehead atoms. The van der Waals surface area contributed by atoms with Gasteiger partial charge in [0.15, 0.2) is 5.67 Å². The summed E-state index contributed by atoms with van der Waals surface area (Å²) in [7, 11) is 0. The third-order valence-electron chi connectivity index (χ3n) is 2.58. The van der Waals surface area contributed by atoms with Crippen molar-refractivity contribution < 1.29 is 23.5 Å². The normalized spacial score (nSPS) is 12.8. The van der Waals surface area contributed by atoms with E-state index in [9.17, 15) is 18.4 Å². The van der Waals surface area contributed by atoms with Crippen molar-refractivity contribution in [3.63, 3.8) is 0 Å². The highest BCUT2D eigenvalue weighted by atomic mass is 19.1. The molecule has 20 heavy (non-hydrogen) atoms. The Kier molecular flexibility index (Phi) is 4.75. The second kappa shape index (κ2) is 5.94. The van der Waals surface area contributed by atoms with Gasteiger partial charge < -0.3 is 10.4 Å². The molecule has 7 heteroatoms. The molecule has 0 fully saturated rings. The molecule has 5 nitrogen and oxygen atoms in total. The number of alkyl halides is 2. The molecule has 1 aromatic rings. The van der Waals surface area contributed by atoms with E-state index in [1.807, 2.05) is 0 Å². The zero-order chi connectivity index (χ0) is 15.5. The Hall–Kier alpha value is -2.05. The minimum atomic E-state index is -2.03. The number of hydrogen-bond acceptors (Lipinski definition) is 3. The lowest BCUT2D eigenvalue weighted by atomic mass is 10.1. The number of aromatic nitrogens is 1. The summed E-state index contributed by atoms with van der Waals surface area (Å²) in [5, 5.41) is 11.3. The van der Waals surface area contributed by atoms with E-state index in [-0.39, 0.29) is 17.8 Å². The molecule has 0 aromatic carbocycles. The maximum absolute atomic E-state index is 13.3. The fourth-order valence-corrected chi connectivity index (χ4v) is 1.50. The Bertz CT molecular complexity index is 525. The average Bonchev–Trinajstić information content (AvgIpc) is 2.34. The number of nitrogens with zero attached hydrogens (tertiary/aromatic N) is 1. The van der Waals surface area contributed by atoms with Crippen LogP contribution < -0.4 is 5.32 Å². The standard InChI is InChI=1S/C13H16F2N2O3/c1-7(14)10-9(11(18)19)4-8(5-16-10)6-17-12(20)13(2,3)15/h4-5,7H,6H2,1-3H3,(H,17,20)(H,18,19). The summed E-state index contributed by atoms with van der Waals surface area (Å²) in [6.07, 6.45) is -0.266. The minimum absolute atomic E-state index is 0.0829. The van der Waals surface area contributed by atoms with Gasteiger partial charge in [0.1, 0.15) is 6.17 Å². The fourth-order valence-electron chi connectivity index (χ4n) is 1.50. The first-order chi connectivity index (χ1) is 9.12. The number of hydrogen-bond donors (Lipinski definition) is 2. The third-order valence-corrected chi connectivity index (χ3v) is 2.58. The molecular formula is C13H16F2N2O3. The summed E-state index contributed by atoms with van der Waals surface area (Å²) in [6.45, 7) is 3.32. The summed E-state index contributed by atoms with van der Waals surface area (Å²) < 4.78 is 26.5. The molecule has 0 aliphatic carbocycles. The van der Waals surface area contributed by atoms with E-state index in [0.717, 1.165) is 13.8 Å². The van der Waals surface area contributed by atoms with Gasteiger partial charge in [-0.3, -0.25) is 9.78 Å². The summed E-state index contributed by atoms with van der Waals surface area (Å²) in [4.78, 5) is 26.1. The van der Waals surface area contributed by atoms with Crippen LogP contribution in [-0.4, -0.2) is 27.6 Å². The van der Waals surface area contributed by atoms with Crippen LogP contribution >= 0.6 is 0 Å². The van der Waals surface area contributed by atoms with Crippen molar-refractivity contribution in [1.29, 1.82) is 0 Å². The summed E-state index contributed by atoms with van der Waals surface area (Å²) in [5.41, 5.74) is -2.13. The molecule has 0 saturated heterocycles. The topological polar surface area (TPSA) is 79.3 Å². The van der Waals surface area contributed by atoms with E-state index < -0.39 is 23.7 Å². The van der Waals surface area contributed by atoms with Crippen molar-refractivity contribution >= 4 is 11.9 Å². The Morgan fingerprint density at radius 2 is 2.10 bits per heavy atom. The van der Waals surface area contributed by atoms with Gasteiger partial charge in [0.25, 0.3) is 5.91 Å². The molecule has 1 unspecified atom stereocenters. The molecule has 1 aromatic heterocycles. The number of carbonyl (C=O) groups is 2. The molecular weight excluding hydrogens is 270 g/mol. The van der Waals surface area contributed by atoms with Crippen LogP contribution in [-0.2, 0) is 11.3 Å². The molecule has 1 amide bonds. The van der Waals surface area contributed by atoms with Gasteiger partial charge in [-0.2, -0.15) is 0 Å². The number of pyridine rings is 1. The fraction of sp³-hybridized carbons (Fsp3) is 0.462. The van der Waals surface area contributed by atoms with E-state index in [1.54, 1.807) is 0 Å². The van der Waals surface area contributed by atoms with Crippen molar-refractivity contribution in [3.05, 3.63) is 29.1 Å². The lowest BCUT2D eigenvalue weighted by molar-refractivity contribution is -0.130. The van der Waals surface area contributed by atoms with Crippen molar-refractivity contribution in [2.75, 3.05) is 0 Å². The van der Waals surface area contributed by atoms with E-state index in [2.05, 4.69) is 10.3 Å². The molecule has 0 aliphatic heterocycles. The number of aromatic carboxylic acids is 1. The number of amides is 1. The Labute approximate surface area is 115 Å². The van der Waals surface area contributed by atoms with Crippen LogP contribution in [0.15, 0.2) is 12.3 Å². The Morgan fingerprint density at radius 3 is 2.55 bits per heavy atom. The van der Waals surface area contributed by atoms with Crippen LogP contribution in [0.5, 0.6) is 0 Å². The van der Waals surface area contributed by atoms with Crippen molar-refractivity contribution in [2.45, 2.75) is 39.2 Å². The van der Waals surface area contributed by atoms with Crippen molar-refractivity contribution in [3.8, 4) is 0 Å². The predicted molar refractivity (Wildman–Crippen MR) is 67.8 cm³/mol. The van der Waals surface area contributed by atoms with Crippen LogP contribution in [0.4, 0.5) is 8.78 Å². The Morgan fingerprint density at radius 1 is 1.50 bits per heavy atom. The van der Waals surface area contributed by atoms with Gasteiger partial charge in [-0.1, -0.05) is 0 Å². The highest BCUT2D eigenvalue weighted by molar-refractivity contribution is 5.89. The van der Waals surface area contributed by atoms with Crippen molar-refractivity contribution in [2.24, 2.45) is 0 Å². The van der Waals surface area contributed by atoms with Crippen LogP contribution in [0, 0.1) is 0 Å². The molecule has 1 atom stereocenters. The number of nitrogens with one attached hydrogen (secondary N) is 1. The van der Waals surface area contributed by atoms with E-state index in [1.165, 1.54) is 19.2 Å². The van der Waals surface area contributed by atoms with Crippen LogP contribution in [0.2, 0.25) is 0 Å². The van der Waals surface area contributed by atoms with Gasteiger partial charge in [-0.25, -0.2) is 13.6 Å². The molecule has 0 spiro atoms. The molecule has 110 valence electrons. The summed E-state index contributed by atoms with van der Waals surface area (Å²) in [5.74, 6) is -2.13. The zero-order valence-electron chi connectivity index (χ0n) is 11.4. The smallest absolute Gasteiger partial charge is 0.337 e. The highest BCUT2D eigenvalue weighted by Gasteiger charge is 2.26. The summed E-state index contributed by atoms with van der Waals surface area (Å²) in [6, 6.07) is 1.21. The van der Waals surface area contributed by atoms with Gasteiger partial charge >= 0.3 is 5.97 Å². The average molecular weight is 286 g/mol. The van der Waals surface area contributed by atoms with Crippen LogP contribution in [0.1, 0.15) is 48.6 Å². The van der Waals surface area contributed by atoms with Gasteiger partial charge in [0.05, 0.1) is 11.3 Å². The molecule has 0 saturated carbocycles. The molecule has 2 N–H and O–H groups in total. The first-order valence-electron chi connectivity index (χ1n) is 5.96. The van der Waals surface area contributed by atoms with Gasteiger partial charge in [-0.05, 0) is 32.4 Å². The number of rotatable bonds is 5. The first-order valence-corrected chi connectivity index (χ1v) is 5.96. The van der Waals surface area contributed by atoms with Gasteiger partial charge in [0.2, 0.25) is 0 Å². The second-order valence-corrected chi connectivity index (χ2v) is 4.85. The van der Waals surface area contributed by atoms with E-state index in [4.69, 9.17) is 5.11 Å². The number of halogens is 2. The van der Waals surface area contributed by atoms with Gasteiger partial charge in [-0.15, -0.1) is 0 Å². The molecule has 0 aliphatic rings. The second-order valence-electron chi connectivity index (χ2n) is 4.85. The minimum Gasteiger partial charge on any atom is -0.478 e. The monoisotopic (exact) mass is 286 g/mol. The number of carboxylic acids is 1. The van der Waals surface area contributed by atoms with E-state index in [0.29, 0.717) is 5.56 Å². The zero-order valence-corrected chi connectivity index (χ0v) is 11.4. The maximum Gasteiger partial charge on any atom is 0.337 e. The van der Waals surface area contributed by atoms with Crippen molar-refractivity contribution in [1.82, 2.24) is 10.3 Å². The molecule has 0 radical (unpaired) electrons. The number of carbonyl (C=O) groups excluding carboxylic acids is 1. The quantitative estimate of drug-likeness (QED) is 0.869. The SMILES string of the molecule is CC(F)c1ncc(CNC(=O)C(C)(C)F)cc1C(=O)O. The van der Waals surface area contributed by atoms with Crippen LogP contribution in [0.3, 0.4) is 0 Å². The lowest BCUT2D eigenvalue weighted by Gasteiger charge is -2.14. The Balaban J connectivity index is 2.91. The number of carboxylic acid groups (broad SMARTS) is 1. The predicted octanol–water partition coefficient (Wildman–Crippen LogP) is 2.17. The molecule has 1 heterocycles. The third kappa shape index (κ3) is 3.97. The highest BCUT2D eigenvalue weighted by Crippen LogP contribution is 2.20. The lowest BCUT2D eigenvalue weighted by Crippen LogP contribution is -2.38. The largest absolute Gasteiger partial charge is 0.478 e. The first kappa shape index (κ1) is 16.0. The van der Waals surface area contributed by atoms with Crippen LogP contribution in [0.25, 0.3) is 0 Å². The maximum atomic E-state index is 13.3. The summed E-state index contributed by atoms with van der Waals surface area (Å²) >= 11 is 0. The van der Waals surface area contributed by atoms with Gasteiger partial charge in [0, 0.05) is 12.7 Å².